The zero-order chi connectivity index (χ0) is 35.6. The molecule has 1 nitrogen and oxygen atoms in total. The molecule has 0 bridgehead atoms. The Kier molecular flexibility index (Phi) is 6.84. The molecular formula is C53H35N. The number of nitrogens with zero attached hydrogens (tertiary/aromatic N) is 1. The van der Waals surface area contributed by atoms with Crippen molar-refractivity contribution in [3.63, 3.8) is 0 Å². The first-order chi connectivity index (χ1) is 26.8. The number of fused-ring (bicyclic) bond motifs is 12. The van der Waals surface area contributed by atoms with E-state index in [4.69, 9.17) is 0 Å². The van der Waals surface area contributed by atoms with Crippen molar-refractivity contribution < 1.29 is 0 Å². The highest BCUT2D eigenvalue weighted by Gasteiger charge is 2.52. The predicted molar refractivity (Wildman–Crippen MR) is 226 cm³/mol. The van der Waals surface area contributed by atoms with Crippen molar-refractivity contribution in [1.82, 2.24) is 0 Å². The Hall–Kier alpha value is -6.96. The fraction of sp³-hybridized carbons (Fsp3) is 0.0189. The van der Waals surface area contributed by atoms with E-state index in [2.05, 4.69) is 217 Å². The normalized spacial score (nSPS) is 14.7. The molecule has 0 N–H and O–H groups in total. The van der Waals surface area contributed by atoms with Crippen molar-refractivity contribution in [2.45, 2.75) is 5.41 Å². The van der Waals surface area contributed by atoms with Gasteiger partial charge in [0, 0.05) is 17.1 Å². The van der Waals surface area contributed by atoms with E-state index in [-0.39, 0.29) is 0 Å². The van der Waals surface area contributed by atoms with Gasteiger partial charge in [-0.1, -0.05) is 170 Å². The quantitative estimate of drug-likeness (QED) is 0.174. The molecule has 1 atom stereocenters. The first kappa shape index (κ1) is 30.6. The summed E-state index contributed by atoms with van der Waals surface area (Å²) in [4.78, 5) is 2.34. The van der Waals surface area contributed by atoms with Gasteiger partial charge in [-0.05, 0) is 120 Å². The minimum atomic E-state index is -0.395. The van der Waals surface area contributed by atoms with Gasteiger partial charge in [0.2, 0.25) is 0 Å². The summed E-state index contributed by atoms with van der Waals surface area (Å²) in [5, 5.41) is 2.59. The third-order valence-corrected chi connectivity index (χ3v) is 11.7. The molecule has 9 aromatic rings. The lowest BCUT2D eigenvalue weighted by molar-refractivity contribution is 0.795. The molecule has 1 heteroatoms. The molecule has 9 aromatic carbocycles. The fourth-order valence-electron chi connectivity index (χ4n) is 9.35. The van der Waals surface area contributed by atoms with Crippen LogP contribution in [0, 0.1) is 0 Å². The summed E-state index contributed by atoms with van der Waals surface area (Å²) in [5.74, 6) is 0. The van der Waals surface area contributed by atoms with Crippen LogP contribution < -0.4 is 4.90 Å². The second kappa shape index (κ2) is 12.0. The average molecular weight is 686 g/mol. The van der Waals surface area contributed by atoms with E-state index in [1.165, 1.54) is 77.5 Å². The molecule has 0 heterocycles. The molecule has 0 saturated heterocycles. The van der Waals surface area contributed by atoms with E-state index in [0.717, 1.165) is 17.1 Å². The molecule has 1 spiro atoms. The molecule has 2 aliphatic rings. The highest BCUT2D eigenvalue weighted by molar-refractivity contribution is 6.06. The standard InChI is InChI=1S/C53H35N/c1-3-13-36(14-4-1)37-23-29-42(30-24-37)54(41-16-5-2-6-17-41)43-31-25-38(26-32-43)40-27-33-46-45-19-9-11-21-48(45)53(51(46)35-40)49-22-12-10-20-47(49)52-44-18-8-7-15-39(44)28-34-50(52)53/h1-35H. The molecule has 0 aliphatic heterocycles. The average Bonchev–Trinajstić information content (AvgIpc) is 3.72. The van der Waals surface area contributed by atoms with Gasteiger partial charge in [0.25, 0.3) is 0 Å². The molecule has 252 valence electrons. The highest BCUT2D eigenvalue weighted by Crippen LogP contribution is 2.64. The molecule has 11 rings (SSSR count). The van der Waals surface area contributed by atoms with E-state index >= 15 is 0 Å². The lowest BCUT2D eigenvalue weighted by Gasteiger charge is -2.31. The summed E-state index contributed by atoms with van der Waals surface area (Å²) < 4.78 is 0. The molecule has 0 radical (unpaired) electrons. The predicted octanol–water partition coefficient (Wildman–Crippen LogP) is 14.0. The van der Waals surface area contributed by atoms with Gasteiger partial charge in [0.15, 0.2) is 0 Å². The first-order valence-electron chi connectivity index (χ1n) is 18.8. The highest BCUT2D eigenvalue weighted by atomic mass is 15.1. The van der Waals surface area contributed by atoms with E-state index in [9.17, 15) is 0 Å². The summed E-state index contributed by atoms with van der Waals surface area (Å²) in [6.45, 7) is 0. The number of para-hydroxylation sites is 1. The van der Waals surface area contributed by atoms with Crippen molar-refractivity contribution in [3.05, 3.63) is 235 Å². The maximum Gasteiger partial charge on any atom is 0.0725 e. The number of benzene rings is 9. The van der Waals surface area contributed by atoms with Gasteiger partial charge in [0.1, 0.15) is 0 Å². The van der Waals surface area contributed by atoms with Crippen LogP contribution in [0.2, 0.25) is 0 Å². The van der Waals surface area contributed by atoms with Gasteiger partial charge in [-0.3, -0.25) is 0 Å². The Morgan fingerprint density at radius 3 is 1.52 bits per heavy atom. The van der Waals surface area contributed by atoms with E-state index in [1.54, 1.807) is 0 Å². The van der Waals surface area contributed by atoms with Crippen LogP contribution in [0.1, 0.15) is 22.3 Å². The van der Waals surface area contributed by atoms with Crippen LogP contribution in [0.4, 0.5) is 17.1 Å². The third-order valence-electron chi connectivity index (χ3n) is 11.7. The van der Waals surface area contributed by atoms with Crippen LogP contribution in [0.5, 0.6) is 0 Å². The maximum atomic E-state index is 2.47. The summed E-state index contributed by atoms with van der Waals surface area (Å²) in [6, 6.07) is 78.0. The zero-order valence-electron chi connectivity index (χ0n) is 29.7. The van der Waals surface area contributed by atoms with Gasteiger partial charge in [-0.25, -0.2) is 0 Å². The van der Waals surface area contributed by atoms with E-state index in [0.29, 0.717) is 0 Å². The Morgan fingerprint density at radius 1 is 0.296 bits per heavy atom. The van der Waals surface area contributed by atoms with Crippen molar-refractivity contribution in [3.8, 4) is 44.5 Å². The Morgan fingerprint density at radius 2 is 0.796 bits per heavy atom. The number of rotatable bonds is 5. The molecule has 0 aromatic heterocycles. The summed E-state index contributed by atoms with van der Waals surface area (Å²) in [6.07, 6.45) is 0. The molecule has 54 heavy (non-hydrogen) atoms. The smallest absolute Gasteiger partial charge is 0.0725 e. The van der Waals surface area contributed by atoms with Crippen molar-refractivity contribution in [2.24, 2.45) is 0 Å². The summed E-state index contributed by atoms with van der Waals surface area (Å²) in [7, 11) is 0. The summed E-state index contributed by atoms with van der Waals surface area (Å²) >= 11 is 0. The van der Waals surface area contributed by atoms with Gasteiger partial charge in [-0.2, -0.15) is 0 Å². The molecule has 2 aliphatic carbocycles. The lowest BCUT2D eigenvalue weighted by atomic mass is 9.70. The topological polar surface area (TPSA) is 3.24 Å². The maximum absolute atomic E-state index is 2.47. The lowest BCUT2D eigenvalue weighted by Crippen LogP contribution is -2.25. The van der Waals surface area contributed by atoms with Crippen LogP contribution in [0.15, 0.2) is 212 Å². The van der Waals surface area contributed by atoms with Crippen LogP contribution in [0.25, 0.3) is 55.3 Å². The van der Waals surface area contributed by atoms with Crippen LogP contribution in [-0.4, -0.2) is 0 Å². The first-order valence-corrected chi connectivity index (χ1v) is 18.8. The Bertz CT molecular complexity index is 2850. The Balaban J connectivity index is 1.04. The van der Waals surface area contributed by atoms with Crippen molar-refractivity contribution in [1.29, 1.82) is 0 Å². The minimum Gasteiger partial charge on any atom is -0.311 e. The molecule has 1 unspecified atom stereocenters. The van der Waals surface area contributed by atoms with E-state index in [1.807, 2.05) is 0 Å². The van der Waals surface area contributed by atoms with Gasteiger partial charge >= 0.3 is 0 Å². The monoisotopic (exact) mass is 685 g/mol. The molecular weight excluding hydrogens is 651 g/mol. The summed E-state index contributed by atoms with van der Waals surface area (Å²) in [5.41, 5.74) is 18.6. The minimum absolute atomic E-state index is 0.395. The van der Waals surface area contributed by atoms with Crippen LogP contribution in [-0.2, 0) is 5.41 Å². The number of anilines is 3. The molecule has 0 amide bonds. The fourth-order valence-corrected chi connectivity index (χ4v) is 9.35. The Labute approximate surface area is 316 Å². The van der Waals surface area contributed by atoms with Gasteiger partial charge < -0.3 is 4.90 Å². The van der Waals surface area contributed by atoms with Gasteiger partial charge in [0.05, 0.1) is 5.41 Å². The second-order valence-corrected chi connectivity index (χ2v) is 14.4. The molecule has 0 saturated carbocycles. The third kappa shape index (κ3) is 4.45. The van der Waals surface area contributed by atoms with Gasteiger partial charge in [-0.15, -0.1) is 0 Å². The number of hydrogen-bond acceptors (Lipinski definition) is 1. The number of hydrogen-bond donors (Lipinski definition) is 0. The molecule has 0 fully saturated rings. The SMILES string of the molecule is c1ccc(-c2ccc(N(c3ccccc3)c3ccc(-c4ccc5c(c4)C4(c6ccccc6-5)c5ccccc5-c5c4ccc4ccccc54)cc3)cc2)cc1. The van der Waals surface area contributed by atoms with Crippen molar-refractivity contribution >= 4 is 27.8 Å². The largest absolute Gasteiger partial charge is 0.311 e. The zero-order valence-corrected chi connectivity index (χ0v) is 29.7. The van der Waals surface area contributed by atoms with Crippen LogP contribution in [0.3, 0.4) is 0 Å². The van der Waals surface area contributed by atoms with E-state index < -0.39 is 5.41 Å². The van der Waals surface area contributed by atoms with Crippen LogP contribution >= 0.6 is 0 Å². The van der Waals surface area contributed by atoms with Crippen molar-refractivity contribution in [2.75, 3.05) is 4.90 Å². The second-order valence-electron chi connectivity index (χ2n) is 14.4.